The van der Waals surface area contributed by atoms with Crippen molar-refractivity contribution in [2.24, 2.45) is 4.99 Å². The molecule has 0 aliphatic carbocycles. The van der Waals surface area contributed by atoms with E-state index in [-0.39, 0.29) is 18.2 Å². The largest absolute Gasteiger partial charge is 0.486 e. The van der Waals surface area contributed by atoms with E-state index < -0.39 is 5.91 Å². The molecule has 2 aromatic heterocycles. The normalized spacial score (nSPS) is 13.7. The number of nitrogens with zero attached hydrogens (tertiary/aromatic N) is 2. The highest BCUT2D eigenvalue weighted by Gasteiger charge is 2.18. The summed E-state index contributed by atoms with van der Waals surface area (Å²) in [7, 11) is 0. The summed E-state index contributed by atoms with van der Waals surface area (Å²) in [6.07, 6.45) is 1.58. The van der Waals surface area contributed by atoms with Crippen molar-refractivity contribution in [3.05, 3.63) is 41.1 Å². The lowest BCUT2D eigenvalue weighted by atomic mass is 10.2. The number of hydrogen-bond donors (Lipinski definition) is 0. The fourth-order valence-electron chi connectivity index (χ4n) is 2.89. The lowest BCUT2D eigenvalue weighted by Crippen LogP contribution is -2.20. The SMILES string of the molecule is CCOC(=O)CCn1c(=NC(=O)c2ccco2)sc2cc3c(cc21)OCCO3. The molecule has 1 amide bonds. The lowest BCUT2D eigenvalue weighted by Gasteiger charge is -2.18. The van der Waals surface area contributed by atoms with Crippen LogP contribution in [0, 0.1) is 0 Å². The van der Waals surface area contributed by atoms with Crippen LogP contribution >= 0.6 is 11.3 Å². The van der Waals surface area contributed by atoms with E-state index >= 15 is 0 Å². The number of fused-ring (bicyclic) bond motifs is 2. The van der Waals surface area contributed by atoms with Crippen molar-refractivity contribution in [3.8, 4) is 11.5 Å². The van der Waals surface area contributed by atoms with Crippen molar-refractivity contribution in [1.82, 2.24) is 4.57 Å². The molecular formula is C19H18N2O6S. The zero-order chi connectivity index (χ0) is 19.5. The molecule has 0 N–H and O–H groups in total. The number of rotatable bonds is 5. The fraction of sp³-hybridized carbons (Fsp3) is 0.316. The van der Waals surface area contributed by atoms with Crippen molar-refractivity contribution < 1.29 is 28.2 Å². The maximum absolute atomic E-state index is 12.4. The fourth-order valence-corrected chi connectivity index (χ4v) is 3.95. The molecule has 146 valence electrons. The summed E-state index contributed by atoms with van der Waals surface area (Å²) in [6.45, 7) is 3.36. The van der Waals surface area contributed by atoms with Crippen molar-refractivity contribution >= 4 is 33.4 Å². The number of ether oxygens (including phenoxy) is 3. The van der Waals surface area contributed by atoms with E-state index in [0.717, 1.165) is 10.2 Å². The van der Waals surface area contributed by atoms with Gasteiger partial charge in [-0.25, -0.2) is 0 Å². The minimum Gasteiger partial charge on any atom is -0.486 e. The van der Waals surface area contributed by atoms with Gasteiger partial charge in [-0.05, 0) is 19.1 Å². The molecule has 9 heteroatoms. The van der Waals surface area contributed by atoms with Crippen LogP contribution in [0.2, 0.25) is 0 Å². The van der Waals surface area contributed by atoms with Gasteiger partial charge >= 0.3 is 11.9 Å². The number of carbonyl (C=O) groups excluding carboxylic acids is 2. The molecule has 0 bridgehead atoms. The average molecular weight is 402 g/mol. The van der Waals surface area contributed by atoms with Gasteiger partial charge in [-0.1, -0.05) is 11.3 Å². The summed E-state index contributed by atoms with van der Waals surface area (Å²) in [5.41, 5.74) is 0.810. The molecule has 1 aliphatic rings. The topological polar surface area (TPSA) is 92.3 Å². The van der Waals surface area contributed by atoms with Gasteiger partial charge in [-0.2, -0.15) is 4.99 Å². The lowest BCUT2D eigenvalue weighted by molar-refractivity contribution is -0.143. The standard InChI is InChI=1S/C19H18N2O6S/c1-2-24-17(22)5-6-21-12-10-14-15(27-9-8-26-14)11-16(12)28-19(21)20-18(23)13-4-3-7-25-13/h3-4,7,10-11H,2,5-6,8-9H2,1H3. The van der Waals surface area contributed by atoms with E-state index in [1.807, 2.05) is 16.7 Å². The summed E-state index contributed by atoms with van der Waals surface area (Å²) < 4.78 is 24.1. The summed E-state index contributed by atoms with van der Waals surface area (Å²) in [5, 5.41) is 0. The second-order valence-electron chi connectivity index (χ2n) is 5.95. The van der Waals surface area contributed by atoms with E-state index in [0.29, 0.717) is 42.7 Å². The first-order valence-corrected chi connectivity index (χ1v) is 9.68. The minimum absolute atomic E-state index is 0.153. The van der Waals surface area contributed by atoms with Crippen LogP contribution in [0.1, 0.15) is 23.9 Å². The Bertz CT molecular complexity index is 1080. The predicted octanol–water partition coefficient (Wildman–Crippen LogP) is 2.76. The molecular weight excluding hydrogens is 384 g/mol. The number of thiazole rings is 1. The van der Waals surface area contributed by atoms with Gasteiger partial charge in [-0.3, -0.25) is 9.59 Å². The second kappa shape index (κ2) is 7.89. The van der Waals surface area contributed by atoms with Gasteiger partial charge < -0.3 is 23.2 Å². The van der Waals surface area contributed by atoms with Gasteiger partial charge in [0.05, 0.1) is 29.5 Å². The number of esters is 1. The maximum atomic E-state index is 12.4. The van der Waals surface area contributed by atoms with Gasteiger partial charge in [0.25, 0.3) is 0 Å². The summed E-state index contributed by atoms with van der Waals surface area (Å²) >= 11 is 1.33. The van der Waals surface area contributed by atoms with Gasteiger partial charge in [-0.15, -0.1) is 0 Å². The van der Waals surface area contributed by atoms with Crippen LogP contribution in [-0.4, -0.2) is 36.3 Å². The smallest absolute Gasteiger partial charge is 0.315 e. The highest BCUT2D eigenvalue weighted by atomic mass is 32.1. The number of carbonyl (C=O) groups is 2. The number of amides is 1. The molecule has 1 aliphatic heterocycles. The number of hydrogen-bond acceptors (Lipinski definition) is 7. The van der Waals surface area contributed by atoms with Gasteiger partial charge in [0, 0.05) is 18.7 Å². The summed E-state index contributed by atoms with van der Waals surface area (Å²) in [6, 6.07) is 6.90. The van der Waals surface area contributed by atoms with Crippen LogP contribution in [0.5, 0.6) is 11.5 Å². The number of aryl methyl sites for hydroxylation is 1. The molecule has 0 saturated heterocycles. The Morgan fingerprint density at radius 3 is 2.75 bits per heavy atom. The van der Waals surface area contributed by atoms with Gasteiger partial charge in [0.15, 0.2) is 22.1 Å². The van der Waals surface area contributed by atoms with E-state index in [1.165, 1.54) is 17.6 Å². The van der Waals surface area contributed by atoms with Crippen LogP contribution in [0.4, 0.5) is 0 Å². The summed E-state index contributed by atoms with van der Waals surface area (Å²) in [4.78, 5) is 28.9. The van der Waals surface area contributed by atoms with E-state index in [1.54, 1.807) is 19.1 Å². The minimum atomic E-state index is -0.487. The molecule has 0 unspecified atom stereocenters. The Morgan fingerprint density at radius 1 is 1.25 bits per heavy atom. The molecule has 0 atom stereocenters. The Kier molecular flexibility index (Phi) is 5.16. The molecule has 0 saturated carbocycles. The van der Waals surface area contributed by atoms with Gasteiger partial charge in [0.1, 0.15) is 13.2 Å². The van der Waals surface area contributed by atoms with E-state index in [2.05, 4.69) is 4.99 Å². The quantitative estimate of drug-likeness (QED) is 0.610. The molecule has 0 fully saturated rings. The van der Waals surface area contributed by atoms with Crippen LogP contribution in [0.25, 0.3) is 10.2 Å². The molecule has 4 rings (SSSR count). The Labute approximate surface area is 164 Å². The average Bonchev–Trinajstić information content (AvgIpc) is 3.33. The number of aromatic nitrogens is 1. The Balaban J connectivity index is 1.78. The highest BCUT2D eigenvalue weighted by Crippen LogP contribution is 2.35. The van der Waals surface area contributed by atoms with Crippen LogP contribution in [0.15, 0.2) is 39.9 Å². The first-order chi connectivity index (χ1) is 13.7. The monoisotopic (exact) mass is 402 g/mol. The van der Waals surface area contributed by atoms with Crippen molar-refractivity contribution in [2.45, 2.75) is 19.9 Å². The molecule has 1 aromatic carbocycles. The predicted molar refractivity (Wildman–Crippen MR) is 101 cm³/mol. The highest BCUT2D eigenvalue weighted by molar-refractivity contribution is 7.16. The first kappa shape index (κ1) is 18.3. The summed E-state index contributed by atoms with van der Waals surface area (Å²) in [5.74, 6) is 0.640. The van der Waals surface area contributed by atoms with Crippen molar-refractivity contribution in [1.29, 1.82) is 0 Å². The maximum Gasteiger partial charge on any atom is 0.315 e. The first-order valence-electron chi connectivity index (χ1n) is 8.87. The second-order valence-corrected chi connectivity index (χ2v) is 6.96. The van der Waals surface area contributed by atoms with Crippen LogP contribution in [0.3, 0.4) is 0 Å². The molecule has 3 aromatic rings. The molecule has 28 heavy (non-hydrogen) atoms. The molecule has 0 spiro atoms. The van der Waals surface area contributed by atoms with Crippen LogP contribution < -0.4 is 14.3 Å². The number of furan rings is 1. The van der Waals surface area contributed by atoms with Crippen LogP contribution in [-0.2, 0) is 16.1 Å². The van der Waals surface area contributed by atoms with Gasteiger partial charge in [0.2, 0.25) is 0 Å². The van der Waals surface area contributed by atoms with Crippen molar-refractivity contribution in [3.63, 3.8) is 0 Å². The molecule has 3 heterocycles. The third kappa shape index (κ3) is 3.65. The third-order valence-corrected chi connectivity index (χ3v) is 5.16. The van der Waals surface area contributed by atoms with Crippen molar-refractivity contribution in [2.75, 3.05) is 19.8 Å². The third-order valence-electron chi connectivity index (χ3n) is 4.12. The Morgan fingerprint density at radius 2 is 2.04 bits per heavy atom. The molecule has 8 nitrogen and oxygen atoms in total. The number of benzene rings is 1. The van der Waals surface area contributed by atoms with E-state index in [9.17, 15) is 9.59 Å². The zero-order valence-electron chi connectivity index (χ0n) is 15.2. The Hall–Kier alpha value is -3.07. The zero-order valence-corrected chi connectivity index (χ0v) is 16.0. The molecule has 0 radical (unpaired) electrons. The van der Waals surface area contributed by atoms with E-state index in [4.69, 9.17) is 18.6 Å².